The Bertz CT molecular complexity index is 876. The third-order valence-corrected chi connectivity index (χ3v) is 4.30. The second-order valence-corrected chi connectivity index (χ2v) is 5.96. The van der Waals surface area contributed by atoms with E-state index in [2.05, 4.69) is 26.6 Å². The van der Waals surface area contributed by atoms with Crippen LogP contribution in [0.1, 0.15) is 23.7 Å². The molecule has 1 amide bonds. The van der Waals surface area contributed by atoms with E-state index < -0.39 is 0 Å². The van der Waals surface area contributed by atoms with Gasteiger partial charge in [-0.3, -0.25) is 14.9 Å². The predicted octanol–water partition coefficient (Wildman–Crippen LogP) is 3.11. The van der Waals surface area contributed by atoms with Crippen LogP contribution in [0.3, 0.4) is 0 Å². The molecule has 3 aromatic rings. The molecule has 2 aromatic heterocycles. The summed E-state index contributed by atoms with van der Waals surface area (Å²) in [6.07, 6.45) is 4.39. The molecule has 3 heterocycles. The SMILES string of the molecule is O=C(C[C@H]1OCCc2ccccc21)Nc1cc(-c2ccncc2)[nH]n1. The molecule has 25 heavy (non-hydrogen) atoms. The number of rotatable bonds is 4. The summed E-state index contributed by atoms with van der Waals surface area (Å²) in [7, 11) is 0. The number of carbonyl (C=O) groups excluding carboxylic acids is 1. The molecule has 0 unspecified atom stereocenters. The van der Waals surface area contributed by atoms with Crippen LogP contribution in [0.2, 0.25) is 0 Å². The van der Waals surface area contributed by atoms with Crippen molar-refractivity contribution in [3.05, 3.63) is 66.0 Å². The molecule has 0 bridgehead atoms. The van der Waals surface area contributed by atoms with E-state index in [-0.39, 0.29) is 18.4 Å². The maximum absolute atomic E-state index is 12.4. The molecule has 0 fully saturated rings. The average molecular weight is 334 g/mol. The molecule has 0 radical (unpaired) electrons. The number of nitrogens with one attached hydrogen (secondary N) is 2. The smallest absolute Gasteiger partial charge is 0.228 e. The summed E-state index contributed by atoms with van der Waals surface area (Å²) in [5, 5.41) is 9.91. The van der Waals surface area contributed by atoms with Crippen molar-refractivity contribution in [1.82, 2.24) is 15.2 Å². The van der Waals surface area contributed by atoms with Crippen molar-refractivity contribution < 1.29 is 9.53 Å². The number of aromatic amines is 1. The van der Waals surface area contributed by atoms with E-state index in [1.807, 2.05) is 36.4 Å². The lowest BCUT2D eigenvalue weighted by atomic mass is 9.96. The van der Waals surface area contributed by atoms with Crippen molar-refractivity contribution in [1.29, 1.82) is 0 Å². The van der Waals surface area contributed by atoms with Crippen molar-refractivity contribution in [2.24, 2.45) is 0 Å². The van der Waals surface area contributed by atoms with Crippen molar-refractivity contribution >= 4 is 11.7 Å². The Labute approximate surface area is 145 Å². The van der Waals surface area contributed by atoms with Gasteiger partial charge < -0.3 is 10.1 Å². The molecule has 1 atom stereocenters. The number of carbonyl (C=O) groups is 1. The minimum atomic E-state index is -0.205. The van der Waals surface area contributed by atoms with Crippen LogP contribution >= 0.6 is 0 Å². The topological polar surface area (TPSA) is 79.9 Å². The number of hydrogen-bond acceptors (Lipinski definition) is 4. The maximum Gasteiger partial charge on any atom is 0.228 e. The Morgan fingerprint density at radius 1 is 1.24 bits per heavy atom. The highest BCUT2D eigenvalue weighted by molar-refractivity contribution is 5.90. The molecular formula is C19H18N4O2. The number of hydrogen-bond donors (Lipinski definition) is 2. The molecule has 4 rings (SSSR count). The zero-order valence-corrected chi connectivity index (χ0v) is 13.6. The lowest BCUT2D eigenvalue weighted by Gasteiger charge is -2.25. The fraction of sp³-hybridized carbons (Fsp3) is 0.211. The van der Waals surface area contributed by atoms with Gasteiger partial charge in [-0.05, 0) is 29.7 Å². The van der Waals surface area contributed by atoms with E-state index in [4.69, 9.17) is 4.74 Å². The number of H-pyrrole nitrogens is 1. The lowest BCUT2D eigenvalue weighted by Crippen LogP contribution is -2.22. The number of nitrogens with zero attached hydrogens (tertiary/aromatic N) is 2. The maximum atomic E-state index is 12.4. The van der Waals surface area contributed by atoms with Gasteiger partial charge in [0.2, 0.25) is 5.91 Å². The first-order chi connectivity index (χ1) is 12.3. The first kappa shape index (κ1) is 15.5. The van der Waals surface area contributed by atoms with E-state index >= 15 is 0 Å². The number of amides is 1. The van der Waals surface area contributed by atoms with Gasteiger partial charge >= 0.3 is 0 Å². The largest absolute Gasteiger partial charge is 0.373 e. The average Bonchev–Trinajstić information content (AvgIpc) is 3.11. The molecule has 0 saturated heterocycles. The van der Waals surface area contributed by atoms with Crippen LogP contribution in [0.15, 0.2) is 54.9 Å². The minimum Gasteiger partial charge on any atom is -0.373 e. The normalized spacial score (nSPS) is 16.2. The van der Waals surface area contributed by atoms with Crippen LogP contribution in [0.5, 0.6) is 0 Å². The standard InChI is InChI=1S/C19H18N4O2/c24-19(12-17-15-4-2-1-3-13(15)7-10-25-17)21-18-11-16(22-23-18)14-5-8-20-9-6-14/h1-6,8-9,11,17H,7,10,12H2,(H2,21,22,23,24)/t17-/m1/s1. The summed E-state index contributed by atoms with van der Waals surface area (Å²) in [6, 6.07) is 13.7. The summed E-state index contributed by atoms with van der Waals surface area (Å²) < 4.78 is 5.79. The molecule has 2 N–H and O–H groups in total. The van der Waals surface area contributed by atoms with Crippen LogP contribution in [-0.4, -0.2) is 27.7 Å². The highest BCUT2D eigenvalue weighted by atomic mass is 16.5. The van der Waals surface area contributed by atoms with Gasteiger partial charge in [-0.2, -0.15) is 5.10 Å². The molecule has 1 aliphatic rings. The van der Waals surface area contributed by atoms with Gasteiger partial charge in [0, 0.05) is 24.0 Å². The highest BCUT2D eigenvalue weighted by Gasteiger charge is 2.23. The summed E-state index contributed by atoms with van der Waals surface area (Å²) in [5.74, 6) is 0.385. The Hall–Kier alpha value is -2.99. The predicted molar refractivity (Wildman–Crippen MR) is 93.9 cm³/mol. The van der Waals surface area contributed by atoms with Crippen LogP contribution in [0.4, 0.5) is 5.82 Å². The Kier molecular flexibility index (Phi) is 4.26. The molecule has 0 aliphatic carbocycles. The summed E-state index contributed by atoms with van der Waals surface area (Å²) in [6.45, 7) is 0.642. The third-order valence-electron chi connectivity index (χ3n) is 4.30. The molecule has 126 valence electrons. The van der Waals surface area contributed by atoms with E-state index in [0.29, 0.717) is 12.4 Å². The molecular weight excluding hydrogens is 316 g/mol. The molecule has 1 aromatic carbocycles. The summed E-state index contributed by atoms with van der Waals surface area (Å²) in [5.41, 5.74) is 4.15. The molecule has 6 nitrogen and oxygen atoms in total. The second kappa shape index (κ2) is 6.86. The third kappa shape index (κ3) is 3.44. The molecule has 0 saturated carbocycles. The zero-order valence-electron chi connectivity index (χ0n) is 13.6. The number of benzene rings is 1. The summed E-state index contributed by atoms with van der Waals surface area (Å²) in [4.78, 5) is 16.4. The molecule has 6 heteroatoms. The fourth-order valence-corrected chi connectivity index (χ4v) is 3.07. The van der Waals surface area contributed by atoms with Crippen LogP contribution in [-0.2, 0) is 16.0 Å². The fourth-order valence-electron chi connectivity index (χ4n) is 3.07. The molecule has 1 aliphatic heterocycles. The van der Waals surface area contributed by atoms with Crippen molar-refractivity contribution in [2.75, 3.05) is 11.9 Å². The van der Waals surface area contributed by atoms with Gasteiger partial charge in [0.1, 0.15) is 0 Å². The van der Waals surface area contributed by atoms with Crippen LogP contribution < -0.4 is 5.32 Å². The summed E-state index contributed by atoms with van der Waals surface area (Å²) >= 11 is 0. The first-order valence-electron chi connectivity index (χ1n) is 8.24. The van der Waals surface area contributed by atoms with Gasteiger partial charge in [0.25, 0.3) is 0 Å². The Balaban J connectivity index is 1.43. The van der Waals surface area contributed by atoms with Crippen molar-refractivity contribution in [3.63, 3.8) is 0 Å². The van der Waals surface area contributed by atoms with Crippen molar-refractivity contribution in [2.45, 2.75) is 18.9 Å². The van der Waals surface area contributed by atoms with Gasteiger partial charge in [0.05, 0.1) is 24.8 Å². The quantitative estimate of drug-likeness (QED) is 0.768. The van der Waals surface area contributed by atoms with Crippen LogP contribution in [0.25, 0.3) is 11.3 Å². The number of aromatic nitrogens is 3. The Morgan fingerprint density at radius 3 is 2.96 bits per heavy atom. The van der Waals surface area contributed by atoms with E-state index in [0.717, 1.165) is 23.2 Å². The van der Waals surface area contributed by atoms with E-state index in [1.54, 1.807) is 12.4 Å². The highest BCUT2D eigenvalue weighted by Crippen LogP contribution is 2.29. The lowest BCUT2D eigenvalue weighted by molar-refractivity contribution is -0.119. The number of anilines is 1. The van der Waals surface area contributed by atoms with Gasteiger partial charge in [0.15, 0.2) is 5.82 Å². The monoisotopic (exact) mass is 334 g/mol. The van der Waals surface area contributed by atoms with Gasteiger partial charge in [-0.1, -0.05) is 24.3 Å². The van der Waals surface area contributed by atoms with Gasteiger partial charge in [-0.15, -0.1) is 0 Å². The first-order valence-corrected chi connectivity index (χ1v) is 8.24. The second-order valence-electron chi connectivity index (χ2n) is 5.96. The van der Waals surface area contributed by atoms with Crippen molar-refractivity contribution in [3.8, 4) is 11.3 Å². The molecule has 0 spiro atoms. The van der Waals surface area contributed by atoms with E-state index in [9.17, 15) is 4.79 Å². The van der Waals surface area contributed by atoms with E-state index in [1.165, 1.54) is 5.56 Å². The Morgan fingerprint density at radius 2 is 2.08 bits per heavy atom. The number of pyridine rings is 1. The number of fused-ring (bicyclic) bond motifs is 1. The van der Waals surface area contributed by atoms with Crippen LogP contribution in [0, 0.1) is 0 Å². The minimum absolute atomic E-state index is 0.116. The zero-order chi connectivity index (χ0) is 17.1. The van der Waals surface area contributed by atoms with Gasteiger partial charge in [-0.25, -0.2) is 0 Å². The number of ether oxygens (including phenoxy) is 1.